The number of rotatable bonds is 5. The molecule has 26 heavy (non-hydrogen) atoms. The molecule has 1 aliphatic heterocycles. The van der Waals surface area contributed by atoms with Crippen molar-refractivity contribution in [2.24, 2.45) is 23.7 Å². The summed E-state index contributed by atoms with van der Waals surface area (Å²) in [6, 6.07) is 5.37. The highest BCUT2D eigenvalue weighted by Gasteiger charge is 2.45. The van der Waals surface area contributed by atoms with E-state index in [0.717, 1.165) is 18.9 Å². The highest BCUT2D eigenvalue weighted by atomic mass is 16.5. The predicted octanol–water partition coefficient (Wildman–Crippen LogP) is 2.70. The molecule has 140 valence electrons. The summed E-state index contributed by atoms with van der Waals surface area (Å²) in [6.45, 7) is 7.90. The van der Waals surface area contributed by atoms with E-state index in [0.29, 0.717) is 18.9 Å². The molecule has 0 unspecified atom stereocenters. The van der Waals surface area contributed by atoms with Crippen molar-refractivity contribution >= 4 is 17.8 Å². The van der Waals surface area contributed by atoms with E-state index in [-0.39, 0.29) is 29.6 Å². The number of fused-ring (bicyclic) bond motifs is 1. The molecule has 1 saturated heterocycles. The largest absolute Gasteiger partial charge is 0.466 e. The standard InChI is InChI=1S/C20H26N2O4/c1-4-25-19(23)16-7-6-8-17(21-16)22-11-14-10-9-13(3)18(15(14)12-22)20(24)26-5-2/h6-10,13-15,18H,4-5,11-12H2,1-3H3/t13-,14-,15-,18-/m0/s1. The number of hydrogen-bond acceptors (Lipinski definition) is 6. The van der Waals surface area contributed by atoms with Crippen LogP contribution in [0.25, 0.3) is 0 Å². The normalized spacial score (nSPS) is 27.1. The lowest BCUT2D eigenvalue weighted by atomic mass is 9.72. The Morgan fingerprint density at radius 1 is 1.15 bits per heavy atom. The summed E-state index contributed by atoms with van der Waals surface area (Å²) in [5.74, 6) is 0.722. The second-order valence-electron chi connectivity index (χ2n) is 6.86. The Morgan fingerprint density at radius 3 is 2.65 bits per heavy atom. The van der Waals surface area contributed by atoms with Crippen LogP contribution in [0.1, 0.15) is 31.3 Å². The Kier molecular flexibility index (Phi) is 5.59. The van der Waals surface area contributed by atoms with Gasteiger partial charge in [0.1, 0.15) is 5.82 Å². The monoisotopic (exact) mass is 358 g/mol. The molecule has 0 spiro atoms. The van der Waals surface area contributed by atoms with Crippen LogP contribution in [-0.4, -0.2) is 43.2 Å². The van der Waals surface area contributed by atoms with Gasteiger partial charge in [-0.15, -0.1) is 0 Å². The zero-order chi connectivity index (χ0) is 18.7. The molecule has 2 aliphatic rings. The van der Waals surface area contributed by atoms with Crippen molar-refractivity contribution in [3.05, 3.63) is 36.0 Å². The Bertz CT molecular complexity index is 703. The molecule has 1 aromatic heterocycles. The van der Waals surface area contributed by atoms with Crippen molar-refractivity contribution in [1.82, 2.24) is 4.98 Å². The zero-order valence-electron chi connectivity index (χ0n) is 15.6. The van der Waals surface area contributed by atoms with Gasteiger partial charge in [-0.2, -0.15) is 0 Å². The van der Waals surface area contributed by atoms with E-state index in [1.54, 1.807) is 13.0 Å². The molecule has 1 aromatic rings. The summed E-state index contributed by atoms with van der Waals surface area (Å²) in [7, 11) is 0. The first kappa shape index (κ1) is 18.4. The molecule has 0 bridgehead atoms. The highest BCUT2D eigenvalue weighted by Crippen LogP contribution is 2.41. The van der Waals surface area contributed by atoms with E-state index in [2.05, 4.69) is 29.0 Å². The van der Waals surface area contributed by atoms with Gasteiger partial charge >= 0.3 is 11.9 Å². The molecule has 0 N–H and O–H groups in total. The van der Waals surface area contributed by atoms with Crippen LogP contribution in [-0.2, 0) is 14.3 Å². The molecule has 2 heterocycles. The minimum Gasteiger partial charge on any atom is -0.466 e. The third-order valence-corrected chi connectivity index (χ3v) is 5.20. The fourth-order valence-corrected chi connectivity index (χ4v) is 4.00. The van der Waals surface area contributed by atoms with E-state index in [1.165, 1.54) is 0 Å². The Balaban J connectivity index is 1.79. The Hall–Kier alpha value is -2.37. The highest BCUT2D eigenvalue weighted by molar-refractivity contribution is 5.87. The van der Waals surface area contributed by atoms with Gasteiger partial charge in [-0.05, 0) is 43.7 Å². The van der Waals surface area contributed by atoms with Crippen molar-refractivity contribution in [3.63, 3.8) is 0 Å². The number of ether oxygens (including phenoxy) is 2. The molecule has 6 heteroatoms. The maximum atomic E-state index is 12.5. The van der Waals surface area contributed by atoms with Crippen LogP contribution in [0, 0.1) is 23.7 Å². The van der Waals surface area contributed by atoms with Gasteiger partial charge in [-0.1, -0.05) is 25.1 Å². The average Bonchev–Trinajstić information content (AvgIpc) is 3.06. The second kappa shape index (κ2) is 7.89. The van der Waals surface area contributed by atoms with Crippen molar-refractivity contribution in [2.75, 3.05) is 31.2 Å². The number of carbonyl (C=O) groups is 2. The molecule has 0 radical (unpaired) electrons. The first-order valence-corrected chi connectivity index (χ1v) is 9.29. The second-order valence-corrected chi connectivity index (χ2v) is 6.86. The van der Waals surface area contributed by atoms with E-state index in [9.17, 15) is 9.59 Å². The molecule has 3 rings (SSSR count). The molecule has 0 saturated carbocycles. The van der Waals surface area contributed by atoms with Crippen molar-refractivity contribution in [3.8, 4) is 0 Å². The summed E-state index contributed by atoms with van der Waals surface area (Å²) in [5, 5.41) is 0. The minimum absolute atomic E-state index is 0.116. The summed E-state index contributed by atoms with van der Waals surface area (Å²) in [4.78, 5) is 31.0. The number of aromatic nitrogens is 1. The summed E-state index contributed by atoms with van der Waals surface area (Å²) < 4.78 is 10.3. The van der Waals surface area contributed by atoms with E-state index < -0.39 is 5.97 Å². The maximum Gasteiger partial charge on any atom is 0.356 e. The van der Waals surface area contributed by atoms with E-state index in [4.69, 9.17) is 9.47 Å². The zero-order valence-corrected chi connectivity index (χ0v) is 15.6. The van der Waals surface area contributed by atoms with Gasteiger partial charge in [0.15, 0.2) is 5.69 Å². The molecular weight excluding hydrogens is 332 g/mol. The first-order chi connectivity index (χ1) is 12.5. The van der Waals surface area contributed by atoms with Crippen LogP contribution in [0.15, 0.2) is 30.4 Å². The molecule has 1 aliphatic carbocycles. The Labute approximate surface area is 154 Å². The van der Waals surface area contributed by atoms with Gasteiger partial charge in [0.2, 0.25) is 0 Å². The lowest BCUT2D eigenvalue weighted by molar-refractivity contribution is -0.151. The summed E-state index contributed by atoms with van der Waals surface area (Å²) in [6.07, 6.45) is 4.33. The lowest BCUT2D eigenvalue weighted by Crippen LogP contribution is -2.37. The maximum absolute atomic E-state index is 12.5. The molecular formula is C20H26N2O4. The predicted molar refractivity (Wildman–Crippen MR) is 97.8 cm³/mol. The van der Waals surface area contributed by atoms with Gasteiger partial charge in [-0.25, -0.2) is 9.78 Å². The minimum atomic E-state index is -0.413. The third kappa shape index (κ3) is 3.59. The molecule has 0 amide bonds. The van der Waals surface area contributed by atoms with Gasteiger partial charge in [-0.3, -0.25) is 4.79 Å². The van der Waals surface area contributed by atoms with E-state index >= 15 is 0 Å². The van der Waals surface area contributed by atoms with Gasteiger partial charge in [0.05, 0.1) is 19.1 Å². The van der Waals surface area contributed by atoms with Crippen LogP contribution in [0.4, 0.5) is 5.82 Å². The molecule has 6 nitrogen and oxygen atoms in total. The number of pyridine rings is 1. The molecule has 4 atom stereocenters. The number of hydrogen-bond donors (Lipinski definition) is 0. The van der Waals surface area contributed by atoms with Crippen molar-refractivity contribution in [2.45, 2.75) is 20.8 Å². The van der Waals surface area contributed by atoms with Crippen LogP contribution in [0.5, 0.6) is 0 Å². The van der Waals surface area contributed by atoms with Crippen LogP contribution in [0.2, 0.25) is 0 Å². The van der Waals surface area contributed by atoms with Crippen molar-refractivity contribution < 1.29 is 19.1 Å². The van der Waals surface area contributed by atoms with Crippen LogP contribution >= 0.6 is 0 Å². The number of nitrogens with zero attached hydrogens (tertiary/aromatic N) is 2. The Morgan fingerprint density at radius 2 is 1.92 bits per heavy atom. The lowest BCUT2D eigenvalue weighted by Gasteiger charge is -2.31. The fraction of sp³-hybridized carbons (Fsp3) is 0.550. The van der Waals surface area contributed by atoms with E-state index in [1.807, 2.05) is 19.1 Å². The van der Waals surface area contributed by atoms with Crippen molar-refractivity contribution in [1.29, 1.82) is 0 Å². The topological polar surface area (TPSA) is 68.7 Å². The average molecular weight is 358 g/mol. The van der Waals surface area contributed by atoms with Crippen LogP contribution < -0.4 is 4.90 Å². The smallest absolute Gasteiger partial charge is 0.356 e. The third-order valence-electron chi connectivity index (χ3n) is 5.20. The SMILES string of the molecule is CCOC(=O)c1cccc(N2C[C@@H]3[C@@H](C(=O)OCC)[C@@H](C)C=C[C@H]3C2)n1. The van der Waals surface area contributed by atoms with Gasteiger partial charge in [0.25, 0.3) is 0 Å². The summed E-state index contributed by atoms with van der Waals surface area (Å²) >= 11 is 0. The number of carbonyl (C=O) groups excluding carboxylic acids is 2. The van der Waals surface area contributed by atoms with Crippen LogP contribution in [0.3, 0.4) is 0 Å². The number of esters is 2. The quantitative estimate of drug-likeness (QED) is 0.595. The molecule has 0 aromatic carbocycles. The number of allylic oxidation sites excluding steroid dienone is 1. The summed E-state index contributed by atoms with van der Waals surface area (Å²) in [5.41, 5.74) is 0.310. The fourth-order valence-electron chi connectivity index (χ4n) is 4.00. The van der Waals surface area contributed by atoms with Gasteiger partial charge in [0, 0.05) is 13.1 Å². The number of anilines is 1. The first-order valence-electron chi connectivity index (χ1n) is 9.29. The molecule has 1 fully saturated rings. The van der Waals surface area contributed by atoms with Gasteiger partial charge < -0.3 is 14.4 Å².